The van der Waals surface area contributed by atoms with E-state index in [0.29, 0.717) is 24.0 Å². The van der Waals surface area contributed by atoms with Gasteiger partial charge in [0.1, 0.15) is 11.6 Å². The van der Waals surface area contributed by atoms with Crippen LogP contribution in [-0.4, -0.2) is 38.5 Å². The highest BCUT2D eigenvalue weighted by Gasteiger charge is 2.07. The zero-order chi connectivity index (χ0) is 14.7. The number of hydrogen-bond acceptors (Lipinski definition) is 6. The van der Waals surface area contributed by atoms with Crippen LogP contribution in [0.2, 0.25) is 0 Å². The summed E-state index contributed by atoms with van der Waals surface area (Å²) in [4.78, 5) is 33.0. The summed E-state index contributed by atoms with van der Waals surface area (Å²) in [5, 5.41) is 0. The Morgan fingerprint density at radius 1 is 1.19 bits per heavy atom. The molecule has 7 heteroatoms. The molecule has 0 bridgehead atoms. The average Bonchev–Trinajstić information content (AvgIpc) is 2.54. The molecule has 0 aromatic carbocycles. The molecule has 0 spiro atoms. The number of fused-ring (bicyclic) bond motifs is 1. The minimum absolute atomic E-state index is 0.235. The lowest BCUT2D eigenvalue weighted by molar-refractivity contribution is 0.810. The fourth-order valence-electron chi connectivity index (χ4n) is 2.00. The van der Waals surface area contributed by atoms with Gasteiger partial charge in [0.2, 0.25) is 0 Å². The van der Waals surface area contributed by atoms with Crippen LogP contribution < -0.4 is 10.5 Å². The maximum Gasteiger partial charge on any atom is 0.277 e. The highest BCUT2D eigenvalue weighted by Crippen LogP contribution is 2.12. The number of anilines is 1. The molecule has 0 amide bonds. The van der Waals surface area contributed by atoms with E-state index < -0.39 is 0 Å². The van der Waals surface area contributed by atoms with Gasteiger partial charge in [-0.1, -0.05) is 0 Å². The number of aromatic nitrogens is 5. The summed E-state index contributed by atoms with van der Waals surface area (Å²) in [6.45, 7) is 0.709. The number of nitrogens with one attached hydrogen (secondary N) is 1. The fourth-order valence-corrected chi connectivity index (χ4v) is 2.00. The Morgan fingerprint density at radius 2 is 2.00 bits per heavy atom. The SMILES string of the molecule is CN(CCc1ncccn1)c1ccc2nc[nH]c(=O)c2n1. The van der Waals surface area contributed by atoms with E-state index in [9.17, 15) is 4.79 Å². The molecule has 1 N–H and O–H groups in total. The normalized spacial score (nSPS) is 10.7. The van der Waals surface area contributed by atoms with E-state index >= 15 is 0 Å². The van der Waals surface area contributed by atoms with Crippen molar-refractivity contribution in [2.45, 2.75) is 6.42 Å². The molecule has 3 heterocycles. The molecule has 3 rings (SSSR count). The van der Waals surface area contributed by atoms with Crippen molar-refractivity contribution < 1.29 is 0 Å². The Balaban J connectivity index is 1.80. The zero-order valence-electron chi connectivity index (χ0n) is 11.5. The summed E-state index contributed by atoms with van der Waals surface area (Å²) < 4.78 is 0. The molecule has 0 unspecified atom stereocenters. The highest BCUT2D eigenvalue weighted by atomic mass is 16.1. The molecule has 0 aliphatic rings. The molecule has 7 nitrogen and oxygen atoms in total. The first-order chi connectivity index (χ1) is 10.2. The number of aromatic amines is 1. The third kappa shape index (κ3) is 2.86. The first kappa shape index (κ1) is 13.2. The van der Waals surface area contributed by atoms with Gasteiger partial charge in [-0.15, -0.1) is 0 Å². The van der Waals surface area contributed by atoms with Crippen LogP contribution in [0.3, 0.4) is 0 Å². The lowest BCUT2D eigenvalue weighted by atomic mass is 10.3. The standard InChI is InChI=1S/C14H14N6O/c1-20(8-5-11-15-6-2-7-16-11)12-4-3-10-13(19-12)14(21)18-9-17-10/h2-4,6-7,9H,5,8H2,1H3,(H,17,18,21). The van der Waals surface area contributed by atoms with Crippen LogP contribution >= 0.6 is 0 Å². The summed E-state index contributed by atoms with van der Waals surface area (Å²) in [6, 6.07) is 5.43. The van der Waals surface area contributed by atoms with Crippen LogP contribution in [-0.2, 0) is 6.42 Å². The van der Waals surface area contributed by atoms with Gasteiger partial charge in [-0.2, -0.15) is 0 Å². The van der Waals surface area contributed by atoms with E-state index in [4.69, 9.17) is 0 Å². The van der Waals surface area contributed by atoms with E-state index in [-0.39, 0.29) is 5.56 Å². The maximum absolute atomic E-state index is 11.7. The van der Waals surface area contributed by atoms with Gasteiger partial charge in [0.25, 0.3) is 5.56 Å². The van der Waals surface area contributed by atoms with Crippen LogP contribution in [0.5, 0.6) is 0 Å². The number of nitrogens with zero attached hydrogens (tertiary/aromatic N) is 5. The second kappa shape index (κ2) is 5.66. The molecular weight excluding hydrogens is 268 g/mol. The van der Waals surface area contributed by atoms with E-state index in [0.717, 1.165) is 11.6 Å². The summed E-state index contributed by atoms with van der Waals surface area (Å²) in [7, 11) is 1.92. The Hall–Kier alpha value is -2.83. The van der Waals surface area contributed by atoms with E-state index in [1.54, 1.807) is 24.5 Å². The molecule has 0 radical (unpaired) electrons. The molecule has 106 valence electrons. The van der Waals surface area contributed by atoms with E-state index in [1.165, 1.54) is 6.33 Å². The van der Waals surface area contributed by atoms with Crippen LogP contribution in [0.15, 0.2) is 41.7 Å². The molecule has 0 aliphatic carbocycles. The second-order valence-electron chi connectivity index (χ2n) is 4.61. The van der Waals surface area contributed by atoms with Crippen molar-refractivity contribution in [1.29, 1.82) is 0 Å². The van der Waals surface area contributed by atoms with Gasteiger partial charge in [-0.25, -0.2) is 19.9 Å². The zero-order valence-corrected chi connectivity index (χ0v) is 11.5. The molecule has 3 aromatic heterocycles. The second-order valence-corrected chi connectivity index (χ2v) is 4.61. The largest absolute Gasteiger partial charge is 0.359 e. The Kier molecular flexibility index (Phi) is 3.55. The van der Waals surface area contributed by atoms with Gasteiger partial charge in [-0.05, 0) is 18.2 Å². The molecular formula is C14H14N6O. The predicted octanol–water partition coefficient (Wildman–Crippen LogP) is 0.787. The Morgan fingerprint density at radius 3 is 2.81 bits per heavy atom. The number of hydrogen-bond donors (Lipinski definition) is 1. The third-order valence-corrected chi connectivity index (χ3v) is 3.15. The van der Waals surface area contributed by atoms with Gasteiger partial charge in [0.05, 0.1) is 11.8 Å². The van der Waals surface area contributed by atoms with Crippen LogP contribution in [0.25, 0.3) is 11.0 Å². The maximum atomic E-state index is 11.7. The average molecular weight is 282 g/mol. The quantitative estimate of drug-likeness (QED) is 0.761. The Labute approximate surface area is 120 Å². The van der Waals surface area contributed by atoms with E-state index in [1.807, 2.05) is 18.0 Å². The molecule has 0 fully saturated rings. The van der Waals surface area contributed by atoms with Crippen molar-refractivity contribution in [2.24, 2.45) is 0 Å². The number of pyridine rings is 1. The topological polar surface area (TPSA) is 87.7 Å². The van der Waals surface area contributed by atoms with Gasteiger partial charge in [0.15, 0.2) is 5.52 Å². The van der Waals surface area contributed by atoms with Gasteiger partial charge in [-0.3, -0.25) is 4.79 Å². The first-order valence-electron chi connectivity index (χ1n) is 6.55. The van der Waals surface area contributed by atoms with Crippen molar-refractivity contribution in [3.63, 3.8) is 0 Å². The third-order valence-electron chi connectivity index (χ3n) is 3.15. The summed E-state index contributed by atoms with van der Waals surface area (Å²) in [6.07, 6.45) is 5.53. The number of likely N-dealkylation sites (N-methyl/N-ethyl adjacent to an activating group) is 1. The monoisotopic (exact) mass is 282 g/mol. The minimum Gasteiger partial charge on any atom is -0.359 e. The first-order valence-corrected chi connectivity index (χ1v) is 6.55. The molecule has 3 aromatic rings. The molecule has 21 heavy (non-hydrogen) atoms. The highest BCUT2D eigenvalue weighted by molar-refractivity contribution is 5.74. The summed E-state index contributed by atoms with van der Waals surface area (Å²) in [5.74, 6) is 1.50. The Bertz CT molecular complexity index is 801. The van der Waals surface area contributed by atoms with Crippen LogP contribution in [0.4, 0.5) is 5.82 Å². The van der Waals surface area contributed by atoms with Gasteiger partial charge in [0, 0.05) is 32.4 Å². The van der Waals surface area contributed by atoms with Gasteiger partial charge >= 0.3 is 0 Å². The number of H-pyrrole nitrogens is 1. The molecule has 0 aliphatic heterocycles. The number of rotatable bonds is 4. The van der Waals surface area contributed by atoms with Crippen molar-refractivity contribution in [3.8, 4) is 0 Å². The molecule has 0 saturated carbocycles. The van der Waals surface area contributed by atoms with Crippen molar-refractivity contribution in [2.75, 3.05) is 18.5 Å². The van der Waals surface area contributed by atoms with Crippen molar-refractivity contribution in [3.05, 3.63) is 53.1 Å². The van der Waals surface area contributed by atoms with Crippen LogP contribution in [0.1, 0.15) is 5.82 Å². The van der Waals surface area contributed by atoms with E-state index in [2.05, 4.69) is 24.9 Å². The summed E-state index contributed by atoms with van der Waals surface area (Å²) in [5.41, 5.74) is 0.696. The lowest BCUT2D eigenvalue weighted by Crippen LogP contribution is -2.22. The van der Waals surface area contributed by atoms with Crippen molar-refractivity contribution >= 4 is 16.9 Å². The van der Waals surface area contributed by atoms with Gasteiger partial charge < -0.3 is 9.88 Å². The molecule has 0 atom stereocenters. The lowest BCUT2D eigenvalue weighted by Gasteiger charge is -2.17. The smallest absolute Gasteiger partial charge is 0.277 e. The fraction of sp³-hybridized carbons (Fsp3) is 0.214. The van der Waals surface area contributed by atoms with Crippen LogP contribution in [0, 0.1) is 0 Å². The summed E-state index contributed by atoms with van der Waals surface area (Å²) >= 11 is 0. The predicted molar refractivity (Wildman–Crippen MR) is 79.2 cm³/mol. The molecule has 0 saturated heterocycles. The van der Waals surface area contributed by atoms with Crippen molar-refractivity contribution in [1.82, 2.24) is 24.9 Å². The minimum atomic E-state index is -0.235.